The van der Waals surface area contributed by atoms with Crippen LogP contribution < -0.4 is 10.2 Å². The van der Waals surface area contributed by atoms with Crippen molar-refractivity contribution in [2.45, 2.75) is 0 Å². The van der Waals surface area contributed by atoms with E-state index in [9.17, 15) is 10.1 Å². The first-order chi connectivity index (χ1) is 7.06. The van der Waals surface area contributed by atoms with E-state index >= 15 is 0 Å². The fraction of sp³-hybridized carbons (Fsp3) is 0.429. The average Bonchev–Trinajstić information content (AvgIpc) is 2.15. The maximum atomic E-state index is 10.8. The third-order valence-corrected chi connectivity index (χ3v) is 1.49. The number of hydrogen-bond acceptors (Lipinski definition) is 7. The minimum absolute atomic E-state index is 0.0700. The molecule has 0 aliphatic carbocycles. The van der Waals surface area contributed by atoms with E-state index in [4.69, 9.17) is 4.74 Å². The highest BCUT2D eigenvalue weighted by Crippen LogP contribution is 2.30. The van der Waals surface area contributed by atoms with Crippen LogP contribution in [0.3, 0.4) is 0 Å². The minimum atomic E-state index is -0.593. The molecule has 8 nitrogen and oxygen atoms in total. The molecule has 1 aromatic rings. The Morgan fingerprint density at radius 3 is 2.67 bits per heavy atom. The standard InChI is InChI=1S/C7H11N5O3/c1-11(2)10-6-5(12(13)14)7(15-3)9-4-8-6/h4H,1-3H3,(H,8,9,10). The van der Waals surface area contributed by atoms with Crippen molar-refractivity contribution in [3.05, 3.63) is 16.4 Å². The summed E-state index contributed by atoms with van der Waals surface area (Å²) in [5.41, 5.74) is 2.41. The monoisotopic (exact) mass is 213 g/mol. The molecule has 0 aliphatic heterocycles. The highest BCUT2D eigenvalue weighted by atomic mass is 16.6. The summed E-state index contributed by atoms with van der Waals surface area (Å²) < 4.78 is 4.78. The van der Waals surface area contributed by atoms with Gasteiger partial charge in [0, 0.05) is 14.1 Å². The number of hydrogen-bond donors (Lipinski definition) is 1. The first kappa shape index (κ1) is 11.1. The Bertz CT molecular complexity index is 368. The van der Waals surface area contributed by atoms with E-state index in [0.717, 1.165) is 0 Å². The van der Waals surface area contributed by atoms with Crippen molar-refractivity contribution in [2.24, 2.45) is 0 Å². The topological polar surface area (TPSA) is 93.4 Å². The van der Waals surface area contributed by atoms with Crippen LogP contribution in [0.1, 0.15) is 0 Å². The highest BCUT2D eigenvalue weighted by Gasteiger charge is 2.23. The lowest BCUT2D eigenvalue weighted by Gasteiger charge is -2.12. The normalized spacial score (nSPS) is 10.1. The van der Waals surface area contributed by atoms with Gasteiger partial charge in [-0.3, -0.25) is 15.5 Å². The third-order valence-electron chi connectivity index (χ3n) is 1.49. The van der Waals surface area contributed by atoms with Crippen molar-refractivity contribution in [1.82, 2.24) is 15.0 Å². The van der Waals surface area contributed by atoms with E-state index in [2.05, 4.69) is 15.4 Å². The van der Waals surface area contributed by atoms with Crippen molar-refractivity contribution in [3.63, 3.8) is 0 Å². The molecule has 0 fully saturated rings. The lowest BCUT2D eigenvalue weighted by molar-refractivity contribution is -0.385. The van der Waals surface area contributed by atoms with Crippen LogP contribution in [0.2, 0.25) is 0 Å². The zero-order valence-electron chi connectivity index (χ0n) is 8.59. The third kappa shape index (κ3) is 2.50. The number of nitrogens with one attached hydrogen (secondary N) is 1. The largest absolute Gasteiger partial charge is 0.476 e. The first-order valence-electron chi connectivity index (χ1n) is 4.03. The molecule has 15 heavy (non-hydrogen) atoms. The number of rotatable bonds is 4. The summed E-state index contributed by atoms with van der Waals surface area (Å²) in [6.07, 6.45) is 1.19. The van der Waals surface area contributed by atoms with Crippen LogP contribution in [0.4, 0.5) is 11.5 Å². The van der Waals surface area contributed by atoms with E-state index in [0.29, 0.717) is 0 Å². The SMILES string of the molecule is COc1ncnc(NN(C)C)c1[N+](=O)[O-]. The van der Waals surface area contributed by atoms with Crippen LogP contribution in [-0.2, 0) is 0 Å². The van der Waals surface area contributed by atoms with Gasteiger partial charge in [-0.05, 0) is 0 Å². The van der Waals surface area contributed by atoms with Crippen LogP contribution in [-0.4, -0.2) is 41.1 Å². The second kappa shape index (κ2) is 4.51. The van der Waals surface area contributed by atoms with Crippen LogP contribution in [0.5, 0.6) is 5.88 Å². The van der Waals surface area contributed by atoms with Gasteiger partial charge in [0.25, 0.3) is 5.88 Å². The zero-order valence-corrected chi connectivity index (χ0v) is 8.59. The van der Waals surface area contributed by atoms with E-state index in [-0.39, 0.29) is 17.4 Å². The van der Waals surface area contributed by atoms with Gasteiger partial charge in [0.05, 0.1) is 12.0 Å². The molecule has 0 unspecified atom stereocenters. The molecule has 1 aromatic heterocycles. The molecule has 1 N–H and O–H groups in total. The predicted molar refractivity (Wildman–Crippen MR) is 52.5 cm³/mol. The van der Waals surface area contributed by atoms with Gasteiger partial charge in [-0.25, -0.2) is 9.99 Å². The molecule has 0 spiro atoms. The van der Waals surface area contributed by atoms with Gasteiger partial charge >= 0.3 is 5.69 Å². The lowest BCUT2D eigenvalue weighted by Crippen LogP contribution is -2.21. The second-order valence-electron chi connectivity index (χ2n) is 2.84. The Kier molecular flexibility index (Phi) is 3.34. The zero-order chi connectivity index (χ0) is 11.4. The summed E-state index contributed by atoms with van der Waals surface area (Å²) in [6.45, 7) is 0. The van der Waals surface area contributed by atoms with Crippen LogP contribution >= 0.6 is 0 Å². The molecule has 0 bridgehead atoms. The molecule has 8 heteroatoms. The minimum Gasteiger partial charge on any atom is -0.476 e. The molecule has 0 atom stereocenters. The van der Waals surface area contributed by atoms with Gasteiger partial charge in [-0.1, -0.05) is 0 Å². The Morgan fingerprint density at radius 2 is 2.20 bits per heavy atom. The molecule has 0 amide bonds. The molecule has 1 rings (SSSR count). The van der Waals surface area contributed by atoms with Crippen molar-refractivity contribution < 1.29 is 9.66 Å². The van der Waals surface area contributed by atoms with Crippen molar-refractivity contribution >= 4 is 11.5 Å². The quantitative estimate of drug-likeness (QED) is 0.567. The van der Waals surface area contributed by atoms with Crippen LogP contribution in [0.15, 0.2) is 6.33 Å². The molecule has 0 saturated carbocycles. The van der Waals surface area contributed by atoms with E-state index < -0.39 is 4.92 Å². The molecule has 1 heterocycles. The highest BCUT2D eigenvalue weighted by molar-refractivity contribution is 5.60. The van der Waals surface area contributed by atoms with E-state index in [1.54, 1.807) is 14.1 Å². The van der Waals surface area contributed by atoms with Gasteiger partial charge in [0.1, 0.15) is 6.33 Å². The van der Waals surface area contributed by atoms with Gasteiger partial charge in [-0.15, -0.1) is 0 Å². The van der Waals surface area contributed by atoms with E-state index in [1.807, 2.05) is 0 Å². The maximum Gasteiger partial charge on any atom is 0.374 e. The van der Waals surface area contributed by atoms with Crippen molar-refractivity contribution in [3.8, 4) is 5.88 Å². The van der Waals surface area contributed by atoms with Gasteiger partial charge in [0.2, 0.25) is 5.82 Å². The number of ether oxygens (including phenoxy) is 1. The summed E-state index contributed by atoms with van der Waals surface area (Å²) in [6, 6.07) is 0. The molecule has 82 valence electrons. The number of aromatic nitrogens is 2. The maximum absolute atomic E-state index is 10.8. The molecule has 0 saturated heterocycles. The summed E-state index contributed by atoms with van der Waals surface area (Å²) in [5, 5.41) is 12.3. The first-order valence-corrected chi connectivity index (χ1v) is 4.03. The molecule has 0 aromatic carbocycles. The molecular formula is C7H11N5O3. The summed E-state index contributed by atoms with van der Waals surface area (Å²) in [7, 11) is 4.70. The summed E-state index contributed by atoms with van der Waals surface area (Å²) in [4.78, 5) is 17.6. The Hall–Kier alpha value is -1.96. The number of nitro groups is 1. The fourth-order valence-corrected chi connectivity index (χ4v) is 0.970. The Balaban J connectivity index is 3.19. The number of methoxy groups -OCH3 is 1. The van der Waals surface area contributed by atoms with Crippen molar-refractivity contribution in [2.75, 3.05) is 26.6 Å². The molecular weight excluding hydrogens is 202 g/mol. The predicted octanol–water partition coefficient (Wildman–Crippen LogP) is 0.282. The number of nitrogens with zero attached hydrogens (tertiary/aromatic N) is 4. The van der Waals surface area contributed by atoms with E-state index in [1.165, 1.54) is 18.4 Å². The number of anilines is 1. The summed E-state index contributed by atoms with van der Waals surface area (Å²) >= 11 is 0. The molecule has 0 aliphatic rings. The smallest absolute Gasteiger partial charge is 0.374 e. The van der Waals surface area contributed by atoms with Crippen LogP contribution in [0.25, 0.3) is 0 Å². The van der Waals surface area contributed by atoms with Crippen LogP contribution in [0, 0.1) is 10.1 Å². The van der Waals surface area contributed by atoms with Gasteiger partial charge in [0.15, 0.2) is 0 Å². The second-order valence-corrected chi connectivity index (χ2v) is 2.84. The van der Waals surface area contributed by atoms with Crippen molar-refractivity contribution in [1.29, 1.82) is 0 Å². The Labute approximate surface area is 86.0 Å². The fourth-order valence-electron chi connectivity index (χ4n) is 0.970. The Morgan fingerprint density at radius 1 is 1.53 bits per heavy atom. The summed E-state index contributed by atoms with van der Waals surface area (Å²) in [5.74, 6) is 0.0243. The lowest BCUT2D eigenvalue weighted by atomic mass is 10.4. The van der Waals surface area contributed by atoms with Gasteiger partial charge in [-0.2, -0.15) is 4.98 Å². The molecule has 0 radical (unpaired) electrons. The van der Waals surface area contributed by atoms with Gasteiger partial charge < -0.3 is 4.74 Å². The number of hydrazine groups is 1. The average molecular weight is 213 g/mol.